The molecule has 2 fully saturated rings. The largest absolute Gasteiger partial charge is 0.497 e. The minimum absolute atomic E-state index is 0.1000. The topological polar surface area (TPSA) is 119 Å². The highest BCUT2D eigenvalue weighted by Crippen LogP contribution is 2.29. The summed E-state index contributed by atoms with van der Waals surface area (Å²) in [5.74, 6) is 0.519. The standard InChI is InChI=1S/C27H32N4O7/c1-3-37-24-14-19(4-9-23(24)38-18-26(33)30-10-12-36-13-11-30)16-28-29-27(34)20-15-25(32)31(17-20)21-5-7-22(35-2)8-6-21/h4-9,14,16,20H,3,10-13,15,17-18H2,1-2H3,(H,29,34)/b28-16+/t20-/m0/s1. The lowest BCUT2D eigenvalue weighted by molar-refractivity contribution is -0.137. The molecule has 11 heteroatoms. The number of methoxy groups -OCH3 is 1. The number of hydrogen-bond donors (Lipinski definition) is 1. The molecule has 2 saturated heterocycles. The van der Waals surface area contributed by atoms with Crippen LogP contribution in [-0.4, -0.2) is 82.0 Å². The van der Waals surface area contributed by atoms with Gasteiger partial charge in [0.25, 0.3) is 5.91 Å². The summed E-state index contributed by atoms with van der Waals surface area (Å²) in [6, 6.07) is 12.3. The molecule has 3 amide bonds. The van der Waals surface area contributed by atoms with Crippen molar-refractivity contribution >= 4 is 29.6 Å². The Bertz CT molecular complexity index is 1160. The van der Waals surface area contributed by atoms with Crippen molar-refractivity contribution in [1.82, 2.24) is 10.3 Å². The molecule has 2 aromatic rings. The summed E-state index contributed by atoms with van der Waals surface area (Å²) in [4.78, 5) is 40.8. The summed E-state index contributed by atoms with van der Waals surface area (Å²) in [6.45, 7) is 4.59. The molecule has 0 spiro atoms. The van der Waals surface area contributed by atoms with Gasteiger partial charge in [0.05, 0.1) is 39.1 Å². The summed E-state index contributed by atoms with van der Waals surface area (Å²) in [5.41, 5.74) is 3.91. The summed E-state index contributed by atoms with van der Waals surface area (Å²) in [5, 5.41) is 4.06. The van der Waals surface area contributed by atoms with E-state index in [4.69, 9.17) is 18.9 Å². The van der Waals surface area contributed by atoms with Crippen LogP contribution < -0.4 is 24.5 Å². The number of nitrogens with zero attached hydrogens (tertiary/aromatic N) is 3. The van der Waals surface area contributed by atoms with Gasteiger partial charge in [-0.2, -0.15) is 5.10 Å². The van der Waals surface area contributed by atoms with Gasteiger partial charge in [-0.15, -0.1) is 0 Å². The number of hydrazone groups is 1. The molecule has 1 atom stereocenters. The van der Waals surface area contributed by atoms with Crippen molar-refractivity contribution < 1.29 is 33.3 Å². The van der Waals surface area contributed by atoms with Crippen LogP contribution in [0.15, 0.2) is 47.6 Å². The molecule has 11 nitrogen and oxygen atoms in total. The molecular weight excluding hydrogens is 492 g/mol. The molecule has 0 saturated carbocycles. The van der Waals surface area contributed by atoms with Crippen molar-refractivity contribution in [2.45, 2.75) is 13.3 Å². The second kappa shape index (κ2) is 12.9. The minimum atomic E-state index is -0.513. The van der Waals surface area contributed by atoms with Crippen molar-refractivity contribution in [2.24, 2.45) is 11.0 Å². The Hall–Kier alpha value is -4.12. The maximum absolute atomic E-state index is 12.6. The first-order valence-corrected chi connectivity index (χ1v) is 12.5. The normalized spacial score (nSPS) is 17.5. The zero-order valence-corrected chi connectivity index (χ0v) is 21.6. The van der Waals surface area contributed by atoms with E-state index in [0.29, 0.717) is 61.4 Å². The number of hydrogen-bond acceptors (Lipinski definition) is 8. The molecule has 2 aliphatic heterocycles. The first-order chi connectivity index (χ1) is 18.5. The maximum atomic E-state index is 12.6. The highest BCUT2D eigenvalue weighted by molar-refractivity contribution is 6.00. The highest BCUT2D eigenvalue weighted by Gasteiger charge is 2.35. The van der Waals surface area contributed by atoms with Crippen LogP contribution in [0, 0.1) is 5.92 Å². The molecule has 2 aliphatic rings. The van der Waals surface area contributed by atoms with Crippen LogP contribution in [0.1, 0.15) is 18.9 Å². The SMILES string of the molecule is CCOc1cc(/C=N/NC(=O)[C@H]2CC(=O)N(c3ccc(OC)cc3)C2)ccc1OCC(=O)N1CCOCC1. The molecule has 0 radical (unpaired) electrons. The number of carbonyl (C=O) groups excluding carboxylic acids is 3. The molecule has 202 valence electrons. The molecular formula is C27H32N4O7. The Morgan fingerprint density at radius 2 is 1.87 bits per heavy atom. The molecule has 4 rings (SSSR count). The number of anilines is 1. The third-order valence-electron chi connectivity index (χ3n) is 6.25. The fourth-order valence-electron chi connectivity index (χ4n) is 4.19. The number of benzene rings is 2. The number of rotatable bonds is 10. The van der Waals surface area contributed by atoms with E-state index in [1.165, 1.54) is 6.21 Å². The lowest BCUT2D eigenvalue weighted by Crippen LogP contribution is -2.43. The number of carbonyl (C=O) groups is 3. The molecule has 38 heavy (non-hydrogen) atoms. The quantitative estimate of drug-likeness (QED) is 0.372. The van der Waals surface area contributed by atoms with Crippen LogP contribution >= 0.6 is 0 Å². The van der Waals surface area contributed by atoms with Gasteiger partial charge >= 0.3 is 0 Å². The molecule has 2 heterocycles. The van der Waals surface area contributed by atoms with E-state index in [0.717, 1.165) is 0 Å². The first-order valence-electron chi connectivity index (χ1n) is 12.5. The highest BCUT2D eigenvalue weighted by atomic mass is 16.5. The van der Waals surface area contributed by atoms with Gasteiger partial charge < -0.3 is 28.7 Å². The summed E-state index contributed by atoms with van der Waals surface area (Å²) < 4.78 is 21.8. The second-order valence-corrected chi connectivity index (χ2v) is 8.76. The van der Waals surface area contributed by atoms with Gasteiger partial charge in [0.1, 0.15) is 5.75 Å². The summed E-state index contributed by atoms with van der Waals surface area (Å²) in [7, 11) is 1.58. The number of amides is 3. The van der Waals surface area contributed by atoms with Gasteiger partial charge in [0, 0.05) is 31.7 Å². The number of morpholine rings is 1. The van der Waals surface area contributed by atoms with Crippen LogP contribution in [0.4, 0.5) is 5.69 Å². The van der Waals surface area contributed by atoms with E-state index < -0.39 is 5.92 Å². The maximum Gasteiger partial charge on any atom is 0.260 e. The van der Waals surface area contributed by atoms with Crippen molar-refractivity contribution in [1.29, 1.82) is 0 Å². The molecule has 0 aromatic heterocycles. The Morgan fingerprint density at radius 1 is 1.11 bits per heavy atom. The molecule has 0 unspecified atom stereocenters. The van der Waals surface area contributed by atoms with Gasteiger partial charge in [-0.05, 0) is 55.0 Å². The lowest BCUT2D eigenvalue weighted by Gasteiger charge is -2.26. The summed E-state index contributed by atoms with van der Waals surface area (Å²) >= 11 is 0. The molecule has 2 aromatic carbocycles. The third-order valence-corrected chi connectivity index (χ3v) is 6.25. The lowest BCUT2D eigenvalue weighted by atomic mass is 10.1. The fraction of sp³-hybridized carbons (Fsp3) is 0.407. The van der Waals surface area contributed by atoms with E-state index in [2.05, 4.69) is 10.5 Å². The van der Waals surface area contributed by atoms with Gasteiger partial charge in [0.15, 0.2) is 18.1 Å². The molecule has 1 N–H and O–H groups in total. The Labute approximate surface area is 221 Å². The Morgan fingerprint density at radius 3 is 2.58 bits per heavy atom. The number of ether oxygens (including phenoxy) is 4. The van der Waals surface area contributed by atoms with Gasteiger partial charge in [-0.25, -0.2) is 5.43 Å². The molecule has 0 aliphatic carbocycles. The van der Waals surface area contributed by atoms with Crippen molar-refractivity contribution in [3.05, 3.63) is 48.0 Å². The number of nitrogens with one attached hydrogen (secondary N) is 1. The fourth-order valence-corrected chi connectivity index (χ4v) is 4.19. The smallest absolute Gasteiger partial charge is 0.260 e. The van der Waals surface area contributed by atoms with Gasteiger partial charge in [-0.1, -0.05) is 0 Å². The van der Waals surface area contributed by atoms with Crippen molar-refractivity contribution in [3.63, 3.8) is 0 Å². The van der Waals surface area contributed by atoms with Crippen molar-refractivity contribution in [2.75, 3.05) is 58.1 Å². The van der Waals surface area contributed by atoms with Crippen LogP contribution in [-0.2, 0) is 19.1 Å². The molecule has 0 bridgehead atoms. The van der Waals surface area contributed by atoms with Crippen LogP contribution in [0.3, 0.4) is 0 Å². The van der Waals surface area contributed by atoms with E-state index >= 15 is 0 Å². The van der Waals surface area contributed by atoms with Crippen LogP contribution in [0.2, 0.25) is 0 Å². The monoisotopic (exact) mass is 524 g/mol. The summed E-state index contributed by atoms with van der Waals surface area (Å²) in [6.07, 6.45) is 1.60. The van der Waals surface area contributed by atoms with Crippen molar-refractivity contribution in [3.8, 4) is 17.2 Å². The Kier molecular flexibility index (Phi) is 9.15. The average molecular weight is 525 g/mol. The van der Waals surface area contributed by atoms with E-state index in [1.54, 1.807) is 59.4 Å². The second-order valence-electron chi connectivity index (χ2n) is 8.76. The first kappa shape index (κ1) is 26.9. The predicted molar refractivity (Wildman–Crippen MR) is 140 cm³/mol. The average Bonchev–Trinajstić information content (AvgIpc) is 3.34. The predicted octanol–water partition coefficient (Wildman–Crippen LogP) is 1.83. The van der Waals surface area contributed by atoms with Gasteiger partial charge in [-0.3, -0.25) is 14.4 Å². The third kappa shape index (κ3) is 6.80. The van der Waals surface area contributed by atoms with E-state index in [-0.39, 0.29) is 37.3 Å². The minimum Gasteiger partial charge on any atom is -0.497 e. The van der Waals surface area contributed by atoms with Gasteiger partial charge in [0.2, 0.25) is 11.8 Å². The van der Waals surface area contributed by atoms with E-state index in [1.807, 2.05) is 6.92 Å². The Balaban J connectivity index is 1.31. The zero-order chi connectivity index (χ0) is 26.9. The van der Waals surface area contributed by atoms with Crippen LogP contribution in [0.5, 0.6) is 17.2 Å². The van der Waals surface area contributed by atoms with Crippen LogP contribution in [0.25, 0.3) is 0 Å². The zero-order valence-electron chi connectivity index (χ0n) is 21.6. The van der Waals surface area contributed by atoms with E-state index in [9.17, 15) is 14.4 Å².